The third-order valence-electron chi connectivity index (χ3n) is 4.12. The fourth-order valence-corrected chi connectivity index (χ4v) is 4.04. The van der Waals surface area contributed by atoms with Gasteiger partial charge in [0.15, 0.2) is 9.84 Å². The molecule has 0 aromatic heterocycles. The maximum Gasteiger partial charge on any atom is 0.178 e. The summed E-state index contributed by atoms with van der Waals surface area (Å²) >= 11 is 0. The topological polar surface area (TPSA) is 63.4 Å². The van der Waals surface area contributed by atoms with E-state index in [0.717, 1.165) is 18.7 Å². The number of nitrogens with zero attached hydrogens (tertiary/aromatic N) is 1. The van der Waals surface area contributed by atoms with Gasteiger partial charge in [-0.1, -0.05) is 6.92 Å². The highest BCUT2D eigenvalue weighted by atomic mass is 32.2. The molecule has 0 unspecified atom stereocenters. The smallest absolute Gasteiger partial charge is 0.178 e. The lowest BCUT2D eigenvalue weighted by atomic mass is 9.91. The van der Waals surface area contributed by atoms with Crippen LogP contribution in [0.4, 0.5) is 5.69 Å². The van der Waals surface area contributed by atoms with E-state index in [9.17, 15) is 8.42 Å². The third-order valence-corrected chi connectivity index (χ3v) is 6.06. The Bertz CT molecular complexity index is 536. The Morgan fingerprint density at radius 3 is 2.38 bits per heavy atom. The average molecular weight is 310 g/mol. The van der Waals surface area contributed by atoms with E-state index >= 15 is 0 Å². The van der Waals surface area contributed by atoms with E-state index < -0.39 is 9.84 Å². The molecular weight excluding hydrogens is 284 g/mol. The average Bonchev–Trinajstić information content (AvgIpc) is 2.41. The van der Waals surface area contributed by atoms with Crippen LogP contribution < -0.4 is 10.6 Å². The first-order valence-electron chi connectivity index (χ1n) is 7.88. The van der Waals surface area contributed by atoms with Crippen molar-refractivity contribution in [1.29, 1.82) is 0 Å². The molecule has 0 saturated heterocycles. The van der Waals surface area contributed by atoms with Gasteiger partial charge in [0.1, 0.15) is 0 Å². The van der Waals surface area contributed by atoms with Crippen LogP contribution in [-0.4, -0.2) is 33.3 Å². The summed E-state index contributed by atoms with van der Waals surface area (Å²) in [6.07, 6.45) is 5.34. The predicted octanol–water partition coefficient (Wildman–Crippen LogP) is 2.58. The van der Waals surface area contributed by atoms with E-state index in [4.69, 9.17) is 5.73 Å². The van der Waals surface area contributed by atoms with Crippen LogP contribution in [0.5, 0.6) is 0 Å². The van der Waals surface area contributed by atoms with E-state index in [2.05, 4.69) is 4.90 Å². The van der Waals surface area contributed by atoms with E-state index in [-0.39, 0.29) is 5.75 Å². The van der Waals surface area contributed by atoms with Gasteiger partial charge in [-0.05, 0) is 62.9 Å². The van der Waals surface area contributed by atoms with Crippen molar-refractivity contribution in [2.24, 2.45) is 5.73 Å². The van der Waals surface area contributed by atoms with Crippen LogP contribution in [0.2, 0.25) is 0 Å². The summed E-state index contributed by atoms with van der Waals surface area (Å²) in [5, 5.41) is 0. The summed E-state index contributed by atoms with van der Waals surface area (Å²) in [7, 11) is -3.12. The Labute approximate surface area is 128 Å². The summed E-state index contributed by atoms with van der Waals surface area (Å²) in [5.74, 6) is 0.214. The van der Waals surface area contributed by atoms with Gasteiger partial charge in [0.2, 0.25) is 0 Å². The van der Waals surface area contributed by atoms with Gasteiger partial charge in [0, 0.05) is 18.3 Å². The Morgan fingerprint density at radius 1 is 1.24 bits per heavy atom. The quantitative estimate of drug-likeness (QED) is 0.801. The second-order valence-corrected chi connectivity index (χ2v) is 7.84. The third kappa shape index (κ3) is 3.98. The fourth-order valence-electron chi connectivity index (χ4n) is 2.71. The lowest BCUT2D eigenvalue weighted by molar-refractivity contribution is 0.385. The van der Waals surface area contributed by atoms with Crippen LogP contribution in [0.25, 0.3) is 0 Å². The fraction of sp³-hybridized carbons (Fsp3) is 0.625. The van der Waals surface area contributed by atoms with Crippen molar-refractivity contribution in [2.45, 2.75) is 50.0 Å². The van der Waals surface area contributed by atoms with Crippen molar-refractivity contribution in [2.75, 3.05) is 23.7 Å². The largest absolute Gasteiger partial charge is 0.369 e. The zero-order valence-electron chi connectivity index (χ0n) is 12.8. The molecule has 0 heterocycles. The first-order chi connectivity index (χ1) is 10.1. The summed E-state index contributed by atoms with van der Waals surface area (Å²) in [4.78, 5) is 2.81. The van der Waals surface area contributed by atoms with Gasteiger partial charge >= 0.3 is 0 Å². The molecule has 118 valence electrons. The molecule has 4 nitrogen and oxygen atoms in total. The van der Waals surface area contributed by atoms with Crippen molar-refractivity contribution >= 4 is 15.5 Å². The minimum absolute atomic E-state index is 0.214. The Hall–Kier alpha value is -1.07. The molecule has 0 spiro atoms. The van der Waals surface area contributed by atoms with Gasteiger partial charge in [-0.3, -0.25) is 0 Å². The van der Waals surface area contributed by atoms with Gasteiger partial charge in [0.25, 0.3) is 0 Å². The van der Waals surface area contributed by atoms with Crippen LogP contribution in [-0.2, 0) is 9.84 Å². The molecule has 2 N–H and O–H groups in total. The Morgan fingerprint density at radius 2 is 1.90 bits per heavy atom. The number of benzene rings is 1. The van der Waals surface area contributed by atoms with Gasteiger partial charge in [-0.15, -0.1) is 0 Å². The zero-order valence-corrected chi connectivity index (χ0v) is 13.6. The maximum absolute atomic E-state index is 12.1. The van der Waals surface area contributed by atoms with Gasteiger partial charge in [-0.25, -0.2) is 8.42 Å². The molecule has 0 amide bonds. The SMILES string of the molecule is CCCS(=O)(=O)c1ccc(N(CCCN)C2CCC2)cc1. The maximum atomic E-state index is 12.1. The van der Waals surface area contributed by atoms with Crippen LogP contribution in [0.1, 0.15) is 39.0 Å². The highest BCUT2D eigenvalue weighted by Crippen LogP contribution is 2.30. The first kappa shape index (κ1) is 16.3. The number of hydrogen-bond donors (Lipinski definition) is 1. The molecule has 2 rings (SSSR count). The Kier molecular flexibility index (Phi) is 5.65. The van der Waals surface area contributed by atoms with Crippen LogP contribution in [0.3, 0.4) is 0 Å². The van der Waals surface area contributed by atoms with Crippen molar-refractivity contribution in [3.63, 3.8) is 0 Å². The molecule has 1 aromatic rings. The monoisotopic (exact) mass is 310 g/mol. The Balaban J connectivity index is 2.15. The van der Waals surface area contributed by atoms with Crippen molar-refractivity contribution in [1.82, 2.24) is 0 Å². The summed E-state index contributed by atoms with van der Waals surface area (Å²) in [5.41, 5.74) is 6.74. The van der Waals surface area contributed by atoms with Gasteiger partial charge < -0.3 is 10.6 Å². The van der Waals surface area contributed by atoms with Crippen molar-refractivity contribution < 1.29 is 8.42 Å². The van der Waals surface area contributed by atoms with Gasteiger partial charge in [-0.2, -0.15) is 0 Å². The molecule has 0 radical (unpaired) electrons. The van der Waals surface area contributed by atoms with Crippen LogP contribution in [0.15, 0.2) is 29.2 Å². The lowest BCUT2D eigenvalue weighted by Crippen LogP contribution is -2.41. The molecular formula is C16H26N2O2S. The molecule has 1 aromatic carbocycles. The minimum atomic E-state index is -3.12. The number of anilines is 1. The standard InChI is InChI=1S/C16H26N2O2S/c1-2-13-21(19,20)16-9-7-15(8-10-16)18(12-4-11-17)14-5-3-6-14/h7-10,14H,2-6,11-13,17H2,1H3. The lowest BCUT2D eigenvalue weighted by Gasteiger charge is -2.39. The van der Waals surface area contributed by atoms with Crippen molar-refractivity contribution in [3.05, 3.63) is 24.3 Å². The second kappa shape index (κ2) is 7.27. The molecule has 1 fully saturated rings. The molecule has 0 bridgehead atoms. The summed E-state index contributed by atoms with van der Waals surface area (Å²) in [6.45, 7) is 3.52. The molecule has 0 atom stereocenters. The molecule has 1 aliphatic rings. The highest BCUT2D eigenvalue weighted by molar-refractivity contribution is 7.91. The van der Waals surface area contributed by atoms with Gasteiger partial charge in [0.05, 0.1) is 10.6 Å². The molecule has 5 heteroatoms. The number of hydrogen-bond acceptors (Lipinski definition) is 4. The minimum Gasteiger partial charge on any atom is -0.369 e. The molecule has 0 aliphatic heterocycles. The second-order valence-electron chi connectivity index (χ2n) is 5.73. The number of rotatable bonds is 8. The molecule has 21 heavy (non-hydrogen) atoms. The predicted molar refractivity (Wildman–Crippen MR) is 87.4 cm³/mol. The van der Waals surface area contributed by atoms with E-state index in [1.165, 1.54) is 19.3 Å². The van der Waals surface area contributed by atoms with E-state index in [1.807, 2.05) is 19.1 Å². The zero-order chi connectivity index (χ0) is 15.3. The van der Waals surface area contributed by atoms with E-state index in [1.54, 1.807) is 12.1 Å². The number of sulfone groups is 1. The van der Waals surface area contributed by atoms with E-state index in [0.29, 0.717) is 23.9 Å². The first-order valence-corrected chi connectivity index (χ1v) is 9.53. The van der Waals surface area contributed by atoms with Crippen LogP contribution >= 0.6 is 0 Å². The van der Waals surface area contributed by atoms with Crippen LogP contribution in [0, 0.1) is 0 Å². The molecule has 1 saturated carbocycles. The number of nitrogens with two attached hydrogens (primary N) is 1. The summed E-state index contributed by atoms with van der Waals surface area (Å²) < 4.78 is 24.1. The highest BCUT2D eigenvalue weighted by Gasteiger charge is 2.25. The van der Waals surface area contributed by atoms with Crippen molar-refractivity contribution in [3.8, 4) is 0 Å². The summed E-state index contributed by atoms with van der Waals surface area (Å²) in [6, 6.07) is 7.96. The molecule has 1 aliphatic carbocycles. The normalized spacial score (nSPS) is 15.7.